The molecule has 0 saturated carbocycles. The molecule has 0 amide bonds. The molecular formula is C11H18N2O3. The summed E-state index contributed by atoms with van der Waals surface area (Å²) in [6, 6.07) is 0.0458. The van der Waals surface area contributed by atoms with Crippen molar-refractivity contribution in [3.05, 3.63) is 17.8 Å². The van der Waals surface area contributed by atoms with Crippen LogP contribution in [0.4, 0.5) is 0 Å². The van der Waals surface area contributed by atoms with E-state index in [2.05, 4.69) is 15.0 Å². The molecule has 0 saturated heterocycles. The van der Waals surface area contributed by atoms with E-state index >= 15 is 0 Å². The predicted octanol–water partition coefficient (Wildman–Crippen LogP) is 1.28. The molecule has 1 heterocycles. The van der Waals surface area contributed by atoms with E-state index in [4.69, 9.17) is 4.42 Å². The van der Waals surface area contributed by atoms with Crippen molar-refractivity contribution in [2.45, 2.75) is 39.3 Å². The summed E-state index contributed by atoms with van der Waals surface area (Å²) in [4.78, 5) is 15.1. The van der Waals surface area contributed by atoms with E-state index in [1.54, 1.807) is 6.20 Å². The van der Waals surface area contributed by atoms with Gasteiger partial charge in [0.15, 0.2) is 0 Å². The van der Waals surface area contributed by atoms with Gasteiger partial charge in [-0.3, -0.25) is 4.79 Å². The smallest absolute Gasteiger partial charge is 0.307 e. The fraction of sp³-hybridized carbons (Fsp3) is 0.636. The molecule has 0 aliphatic carbocycles. The van der Waals surface area contributed by atoms with Gasteiger partial charge >= 0.3 is 5.97 Å². The molecule has 16 heavy (non-hydrogen) atoms. The number of ether oxygens (including phenoxy) is 1. The van der Waals surface area contributed by atoms with E-state index in [0.29, 0.717) is 18.9 Å². The third kappa shape index (κ3) is 4.02. The molecule has 0 aliphatic rings. The fourth-order valence-corrected chi connectivity index (χ4v) is 1.26. The first-order valence-electron chi connectivity index (χ1n) is 5.39. The first kappa shape index (κ1) is 12.7. The lowest BCUT2D eigenvalue weighted by Gasteiger charge is -2.10. The zero-order valence-electron chi connectivity index (χ0n) is 9.95. The van der Waals surface area contributed by atoms with Crippen molar-refractivity contribution in [3.8, 4) is 0 Å². The largest absolute Gasteiger partial charge is 0.469 e. The molecule has 0 radical (unpaired) electrons. The van der Waals surface area contributed by atoms with Crippen molar-refractivity contribution in [3.63, 3.8) is 0 Å². The van der Waals surface area contributed by atoms with Crippen LogP contribution in [0.5, 0.6) is 0 Å². The van der Waals surface area contributed by atoms with Crippen molar-refractivity contribution >= 4 is 5.97 Å². The normalized spacial score (nSPS) is 12.4. The maximum atomic E-state index is 11.0. The second-order valence-electron chi connectivity index (χ2n) is 3.64. The van der Waals surface area contributed by atoms with Crippen LogP contribution >= 0.6 is 0 Å². The molecule has 0 aliphatic heterocycles. The highest BCUT2D eigenvalue weighted by Gasteiger charge is 2.09. The van der Waals surface area contributed by atoms with Gasteiger partial charge in [0, 0.05) is 12.5 Å². The van der Waals surface area contributed by atoms with Crippen molar-refractivity contribution in [2.75, 3.05) is 7.11 Å². The molecule has 0 spiro atoms. The maximum absolute atomic E-state index is 11.0. The van der Waals surface area contributed by atoms with E-state index in [0.717, 1.165) is 12.2 Å². The summed E-state index contributed by atoms with van der Waals surface area (Å²) in [6.07, 6.45) is 2.91. The van der Waals surface area contributed by atoms with Gasteiger partial charge in [0.25, 0.3) is 0 Å². The molecule has 1 rings (SSSR count). The first-order chi connectivity index (χ1) is 7.65. The van der Waals surface area contributed by atoms with Crippen molar-refractivity contribution in [1.82, 2.24) is 10.3 Å². The molecule has 5 nitrogen and oxygen atoms in total. The molecule has 5 heteroatoms. The number of carbonyl (C=O) groups is 1. The molecule has 0 aromatic carbocycles. The summed E-state index contributed by atoms with van der Waals surface area (Å²) in [6.45, 7) is 4.45. The quantitative estimate of drug-likeness (QED) is 0.740. The molecule has 1 aromatic heterocycles. The number of esters is 1. The van der Waals surface area contributed by atoms with Crippen LogP contribution < -0.4 is 5.32 Å². The monoisotopic (exact) mass is 226 g/mol. The first-order valence-corrected chi connectivity index (χ1v) is 5.39. The fourth-order valence-electron chi connectivity index (χ4n) is 1.26. The highest BCUT2D eigenvalue weighted by molar-refractivity contribution is 5.69. The third-order valence-corrected chi connectivity index (χ3v) is 2.25. The Labute approximate surface area is 95.2 Å². The second-order valence-corrected chi connectivity index (χ2v) is 3.64. The zero-order chi connectivity index (χ0) is 12.0. The Kier molecular flexibility index (Phi) is 4.98. The van der Waals surface area contributed by atoms with Crippen molar-refractivity contribution < 1.29 is 13.9 Å². The summed E-state index contributed by atoms with van der Waals surface area (Å²) < 4.78 is 10.0. The number of nitrogens with one attached hydrogen (secondary N) is 1. The molecular weight excluding hydrogens is 208 g/mol. The van der Waals surface area contributed by atoms with Gasteiger partial charge in [-0.2, -0.15) is 0 Å². The lowest BCUT2D eigenvalue weighted by molar-refractivity contribution is -0.141. The van der Waals surface area contributed by atoms with Gasteiger partial charge in [0.1, 0.15) is 5.76 Å². The van der Waals surface area contributed by atoms with E-state index < -0.39 is 0 Å². The molecule has 1 unspecified atom stereocenters. The molecule has 1 N–H and O–H groups in total. The van der Waals surface area contributed by atoms with E-state index in [1.165, 1.54) is 7.11 Å². The van der Waals surface area contributed by atoms with Crippen LogP contribution in [-0.2, 0) is 22.5 Å². The van der Waals surface area contributed by atoms with Crippen LogP contribution in [0.2, 0.25) is 0 Å². The number of aryl methyl sites for hydroxylation is 1. The standard InChI is InChI=1S/C11H18N2O3/c1-4-9-6-13-10(16-9)7-12-8(2)5-11(14)15-3/h6,8,12H,4-5,7H2,1-3H3. The minimum absolute atomic E-state index is 0.0458. The Morgan fingerprint density at radius 2 is 2.44 bits per heavy atom. The predicted molar refractivity (Wildman–Crippen MR) is 58.8 cm³/mol. The highest BCUT2D eigenvalue weighted by atomic mass is 16.5. The number of hydrogen-bond acceptors (Lipinski definition) is 5. The Bertz CT molecular complexity index is 336. The van der Waals surface area contributed by atoms with Crippen LogP contribution in [0.25, 0.3) is 0 Å². The van der Waals surface area contributed by atoms with Gasteiger partial charge < -0.3 is 14.5 Å². The number of hydrogen-bond donors (Lipinski definition) is 1. The topological polar surface area (TPSA) is 64.4 Å². The van der Waals surface area contributed by atoms with Crippen LogP contribution in [0.1, 0.15) is 31.9 Å². The summed E-state index contributed by atoms with van der Waals surface area (Å²) in [5, 5.41) is 3.14. The zero-order valence-corrected chi connectivity index (χ0v) is 9.95. The van der Waals surface area contributed by atoms with Gasteiger partial charge in [-0.1, -0.05) is 6.92 Å². The minimum atomic E-state index is -0.221. The number of oxazole rings is 1. The van der Waals surface area contributed by atoms with Gasteiger partial charge in [0.05, 0.1) is 26.3 Å². The van der Waals surface area contributed by atoms with Crippen LogP contribution in [0, 0.1) is 0 Å². The summed E-state index contributed by atoms with van der Waals surface area (Å²) >= 11 is 0. The van der Waals surface area contributed by atoms with Crippen LogP contribution in [-0.4, -0.2) is 24.1 Å². The van der Waals surface area contributed by atoms with Gasteiger partial charge in [-0.05, 0) is 6.92 Å². The van der Waals surface area contributed by atoms with Gasteiger partial charge in [-0.25, -0.2) is 4.98 Å². The van der Waals surface area contributed by atoms with E-state index in [9.17, 15) is 4.79 Å². The SMILES string of the molecule is CCc1cnc(CNC(C)CC(=O)OC)o1. The van der Waals surface area contributed by atoms with Crippen molar-refractivity contribution in [2.24, 2.45) is 0 Å². The number of carbonyl (C=O) groups excluding carboxylic acids is 1. The average molecular weight is 226 g/mol. The molecule has 90 valence electrons. The molecule has 1 atom stereocenters. The number of rotatable bonds is 6. The Balaban J connectivity index is 2.31. The van der Waals surface area contributed by atoms with Gasteiger partial charge in [-0.15, -0.1) is 0 Å². The number of methoxy groups -OCH3 is 1. The average Bonchev–Trinajstić information content (AvgIpc) is 2.74. The number of nitrogens with zero attached hydrogens (tertiary/aromatic N) is 1. The molecule has 0 fully saturated rings. The van der Waals surface area contributed by atoms with E-state index in [1.807, 2.05) is 13.8 Å². The third-order valence-electron chi connectivity index (χ3n) is 2.25. The summed E-state index contributed by atoms with van der Waals surface area (Å²) in [7, 11) is 1.39. The van der Waals surface area contributed by atoms with Crippen LogP contribution in [0.15, 0.2) is 10.6 Å². The minimum Gasteiger partial charge on any atom is -0.469 e. The Morgan fingerprint density at radius 1 is 1.69 bits per heavy atom. The lowest BCUT2D eigenvalue weighted by Crippen LogP contribution is -2.28. The van der Waals surface area contributed by atoms with Crippen LogP contribution in [0.3, 0.4) is 0 Å². The molecule has 0 bridgehead atoms. The Hall–Kier alpha value is -1.36. The summed E-state index contributed by atoms with van der Waals surface area (Å²) in [5.74, 6) is 1.30. The van der Waals surface area contributed by atoms with Gasteiger partial charge in [0.2, 0.25) is 5.89 Å². The highest BCUT2D eigenvalue weighted by Crippen LogP contribution is 2.04. The number of aromatic nitrogens is 1. The summed E-state index contributed by atoms with van der Waals surface area (Å²) in [5.41, 5.74) is 0. The van der Waals surface area contributed by atoms with E-state index in [-0.39, 0.29) is 12.0 Å². The maximum Gasteiger partial charge on any atom is 0.307 e. The Morgan fingerprint density at radius 3 is 3.00 bits per heavy atom. The second kappa shape index (κ2) is 6.27. The lowest BCUT2D eigenvalue weighted by atomic mass is 10.2. The molecule has 1 aromatic rings. The van der Waals surface area contributed by atoms with Crippen molar-refractivity contribution in [1.29, 1.82) is 0 Å².